The maximum Gasteiger partial charge on any atom is 0.153 e. The normalized spacial score (nSPS) is 27.6. The number of aryl methyl sites for hydroxylation is 1. The molecule has 0 spiro atoms. The van der Waals surface area contributed by atoms with Gasteiger partial charge >= 0.3 is 0 Å². The fourth-order valence-corrected chi connectivity index (χ4v) is 3.09. The summed E-state index contributed by atoms with van der Waals surface area (Å²) in [5.74, 6) is 0.776. The molecule has 0 aliphatic carbocycles. The van der Waals surface area contributed by atoms with Gasteiger partial charge in [0.25, 0.3) is 0 Å². The highest BCUT2D eigenvalue weighted by Crippen LogP contribution is 2.24. The quantitative estimate of drug-likeness (QED) is 0.709. The van der Waals surface area contributed by atoms with Crippen LogP contribution in [0.4, 0.5) is 0 Å². The maximum absolute atomic E-state index is 11.8. The van der Waals surface area contributed by atoms with E-state index in [1.165, 1.54) is 11.1 Å². The molecule has 2 atom stereocenters. The van der Waals surface area contributed by atoms with Gasteiger partial charge in [-0.1, -0.05) is 29.8 Å². The lowest BCUT2D eigenvalue weighted by atomic mass is 10.1. The van der Waals surface area contributed by atoms with Crippen LogP contribution in [0.5, 0.6) is 0 Å². The van der Waals surface area contributed by atoms with E-state index in [1.807, 2.05) is 0 Å². The number of hydrogen-bond donors (Lipinski definition) is 1. The molecule has 1 aromatic rings. The minimum absolute atomic E-state index is 0.185. The standard InChI is InChI=1S/C11H15NOS/c1-9-2-4-10(5-3-9)11-8-12-6-7-14(11)13/h2-5,11-12H,6-8H2,1H3. The third kappa shape index (κ3) is 2.11. The fourth-order valence-electron chi connectivity index (χ4n) is 1.69. The highest BCUT2D eigenvalue weighted by molar-refractivity contribution is 7.91. The molecular formula is C11H15NOS. The Hall–Kier alpha value is -0.510. The van der Waals surface area contributed by atoms with Crippen LogP contribution in [-0.4, -0.2) is 23.4 Å². The zero-order valence-corrected chi connectivity index (χ0v) is 9.14. The summed E-state index contributed by atoms with van der Waals surface area (Å²) in [6.07, 6.45) is 0. The van der Waals surface area contributed by atoms with Gasteiger partial charge in [-0.25, -0.2) is 0 Å². The Labute approximate surface area is 87.9 Å². The minimum Gasteiger partial charge on any atom is -0.616 e. The van der Waals surface area contributed by atoms with E-state index in [0.29, 0.717) is 0 Å². The van der Waals surface area contributed by atoms with Crippen molar-refractivity contribution in [3.63, 3.8) is 0 Å². The van der Waals surface area contributed by atoms with Gasteiger partial charge in [0, 0.05) is 18.7 Å². The lowest BCUT2D eigenvalue weighted by Gasteiger charge is -2.27. The Morgan fingerprint density at radius 1 is 1.36 bits per heavy atom. The van der Waals surface area contributed by atoms with Crippen LogP contribution in [-0.2, 0) is 11.2 Å². The van der Waals surface area contributed by atoms with Crippen LogP contribution in [0.1, 0.15) is 16.4 Å². The zero-order chi connectivity index (χ0) is 9.97. The van der Waals surface area contributed by atoms with Crippen molar-refractivity contribution >= 4 is 11.2 Å². The Morgan fingerprint density at radius 2 is 2.07 bits per heavy atom. The molecule has 0 radical (unpaired) electrons. The Bertz CT molecular complexity index is 299. The van der Waals surface area contributed by atoms with Gasteiger partial charge in [0.1, 0.15) is 5.75 Å². The van der Waals surface area contributed by atoms with E-state index in [1.54, 1.807) is 0 Å². The van der Waals surface area contributed by atoms with E-state index >= 15 is 0 Å². The van der Waals surface area contributed by atoms with Crippen molar-refractivity contribution in [1.82, 2.24) is 5.32 Å². The van der Waals surface area contributed by atoms with Crippen LogP contribution < -0.4 is 5.32 Å². The summed E-state index contributed by atoms with van der Waals surface area (Å²) in [6, 6.07) is 8.35. The monoisotopic (exact) mass is 209 g/mol. The van der Waals surface area contributed by atoms with E-state index in [0.717, 1.165) is 18.8 Å². The summed E-state index contributed by atoms with van der Waals surface area (Å²) in [5.41, 5.74) is 2.45. The molecule has 14 heavy (non-hydrogen) atoms. The molecular weight excluding hydrogens is 194 g/mol. The van der Waals surface area contributed by atoms with Crippen LogP contribution in [0.3, 0.4) is 0 Å². The molecule has 1 heterocycles. The van der Waals surface area contributed by atoms with E-state index in [-0.39, 0.29) is 5.25 Å². The lowest BCUT2D eigenvalue weighted by molar-refractivity contribution is 0.550. The molecule has 1 fully saturated rings. The molecule has 0 bridgehead atoms. The van der Waals surface area contributed by atoms with Gasteiger partial charge in [-0.15, -0.1) is 0 Å². The molecule has 3 heteroatoms. The SMILES string of the molecule is Cc1ccc(C2CNCC[S+]2[O-])cc1. The molecule has 1 saturated heterocycles. The zero-order valence-electron chi connectivity index (χ0n) is 8.32. The molecule has 1 N–H and O–H groups in total. The van der Waals surface area contributed by atoms with Crippen molar-refractivity contribution in [2.75, 3.05) is 18.8 Å². The van der Waals surface area contributed by atoms with Crippen LogP contribution in [0.2, 0.25) is 0 Å². The van der Waals surface area contributed by atoms with Gasteiger partial charge in [0.05, 0.1) is 0 Å². The number of hydrogen-bond acceptors (Lipinski definition) is 2. The predicted octanol–water partition coefficient (Wildman–Crippen LogP) is 1.39. The number of rotatable bonds is 1. The van der Waals surface area contributed by atoms with E-state index in [4.69, 9.17) is 0 Å². The topological polar surface area (TPSA) is 35.1 Å². The average Bonchev–Trinajstić information content (AvgIpc) is 2.20. The van der Waals surface area contributed by atoms with Crippen molar-refractivity contribution in [3.05, 3.63) is 35.4 Å². The second kappa shape index (κ2) is 4.34. The van der Waals surface area contributed by atoms with Crippen molar-refractivity contribution in [2.45, 2.75) is 12.2 Å². The Kier molecular flexibility index (Phi) is 3.11. The van der Waals surface area contributed by atoms with Gasteiger partial charge < -0.3 is 9.87 Å². The predicted molar refractivity (Wildman–Crippen MR) is 59.8 cm³/mol. The van der Waals surface area contributed by atoms with Crippen LogP contribution >= 0.6 is 0 Å². The van der Waals surface area contributed by atoms with Crippen LogP contribution in [0, 0.1) is 6.92 Å². The van der Waals surface area contributed by atoms with Gasteiger partial charge in [-0.3, -0.25) is 0 Å². The molecule has 1 aliphatic rings. The molecule has 2 nitrogen and oxygen atoms in total. The highest BCUT2D eigenvalue weighted by Gasteiger charge is 2.27. The van der Waals surface area contributed by atoms with Gasteiger partial charge in [-0.05, 0) is 18.1 Å². The Balaban J connectivity index is 2.16. The van der Waals surface area contributed by atoms with Crippen molar-refractivity contribution < 1.29 is 4.55 Å². The molecule has 0 amide bonds. The van der Waals surface area contributed by atoms with Crippen molar-refractivity contribution in [3.8, 4) is 0 Å². The molecule has 2 unspecified atom stereocenters. The van der Waals surface area contributed by atoms with Gasteiger partial charge in [-0.2, -0.15) is 0 Å². The summed E-state index contributed by atoms with van der Waals surface area (Å²) in [7, 11) is 0. The largest absolute Gasteiger partial charge is 0.616 e. The number of nitrogens with one attached hydrogen (secondary N) is 1. The number of benzene rings is 1. The first-order valence-corrected chi connectivity index (χ1v) is 6.30. The molecule has 0 saturated carbocycles. The van der Waals surface area contributed by atoms with E-state index in [2.05, 4.69) is 36.5 Å². The summed E-state index contributed by atoms with van der Waals surface area (Å²) < 4.78 is 11.8. The second-order valence-electron chi connectivity index (χ2n) is 3.69. The van der Waals surface area contributed by atoms with Crippen molar-refractivity contribution in [1.29, 1.82) is 0 Å². The molecule has 2 rings (SSSR count). The lowest BCUT2D eigenvalue weighted by Crippen LogP contribution is -2.38. The minimum atomic E-state index is -0.698. The Morgan fingerprint density at radius 3 is 2.71 bits per heavy atom. The van der Waals surface area contributed by atoms with E-state index < -0.39 is 11.2 Å². The van der Waals surface area contributed by atoms with Crippen LogP contribution in [0.15, 0.2) is 24.3 Å². The molecule has 0 aromatic heterocycles. The average molecular weight is 209 g/mol. The first-order valence-electron chi connectivity index (χ1n) is 4.92. The van der Waals surface area contributed by atoms with E-state index in [9.17, 15) is 4.55 Å². The summed E-state index contributed by atoms with van der Waals surface area (Å²) in [6.45, 7) is 3.80. The van der Waals surface area contributed by atoms with Gasteiger partial charge in [0.2, 0.25) is 0 Å². The second-order valence-corrected chi connectivity index (χ2v) is 5.43. The fraction of sp³-hybridized carbons (Fsp3) is 0.455. The highest BCUT2D eigenvalue weighted by atomic mass is 32.2. The van der Waals surface area contributed by atoms with Gasteiger partial charge in [0.15, 0.2) is 5.25 Å². The smallest absolute Gasteiger partial charge is 0.153 e. The summed E-state index contributed by atoms with van der Waals surface area (Å²) in [4.78, 5) is 0. The van der Waals surface area contributed by atoms with Crippen molar-refractivity contribution in [2.24, 2.45) is 0 Å². The van der Waals surface area contributed by atoms with Crippen LogP contribution in [0.25, 0.3) is 0 Å². The first-order chi connectivity index (χ1) is 6.77. The summed E-state index contributed by atoms with van der Waals surface area (Å²) in [5, 5.41) is 3.47. The summed E-state index contributed by atoms with van der Waals surface area (Å²) >= 11 is -0.698. The first kappa shape index (κ1) is 10.0. The maximum atomic E-state index is 11.8. The third-order valence-electron chi connectivity index (χ3n) is 2.58. The third-order valence-corrected chi connectivity index (χ3v) is 4.26. The molecule has 1 aromatic carbocycles. The molecule has 1 aliphatic heterocycles. The molecule has 76 valence electrons.